The molecule has 2 N–H and O–H groups in total. The van der Waals surface area contributed by atoms with E-state index in [-0.39, 0.29) is 6.04 Å². The highest BCUT2D eigenvalue weighted by molar-refractivity contribution is 7.98. The third-order valence-corrected chi connectivity index (χ3v) is 4.91. The number of aryl methyl sites for hydroxylation is 2. The zero-order chi connectivity index (χ0) is 14.5. The molecule has 0 saturated heterocycles. The molecular weight excluding hydrogens is 266 g/mol. The Kier molecular flexibility index (Phi) is 5.26. The van der Waals surface area contributed by atoms with E-state index in [0.29, 0.717) is 5.25 Å². The van der Waals surface area contributed by atoms with Gasteiger partial charge in [0.2, 0.25) is 0 Å². The van der Waals surface area contributed by atoms with E-state index in [1.165, 1.54) is 16.7 Å². The lowest BCUT2D eigenvalue weighted by atomic mass is 10.1. The quantitative estimate of drug-likeness (QED) is 0.886. The van der Waals surface area contributed by atoms with Crippen molar-refractivity contribution in [1.29, 1.82) is 0 Å². The van der Waals surface area contributed by atoms with Crippen LogP contribution in [0, 0.1) is 6.92 Å². The van der Waals surface area contributed by atoms with E-state index >= 15 is 0 Å². The Morgan fingerprint density at radius 2 is 2.20 bits per heavy atom. The van der Waals surface area contributed by atoms with Crippen LogP contribution in [-0.4, -0.2) is 15.8 Å². The minimum absolute atomic E-state index is 0.161. The molecule has 2 rings (SSSR count). The Balaban J connectivity index is 2.08. The molecule has 2 unspecified atom stereocenters. The van der Waals surface area contributed by atoms with Crippen molar-refractivity contribution in [3.05, 3.63) is 53.3 Å². The van der Waals surface area contributed by atoms with Gasteiger partial charge < -0.3 is 5.73 Å². The Hall–Kier alpha value is -1.26. The van der Waals surface area contributed by atoms with Crippen LogP contribution in [0.15, 0.2) is 36.7 Å². The minimum atomic E-state index is 0.161. The largest absolute Gasteiger partial charge is 0.326 e. The topological polar surface area (TPSA) is 43.8 Å². The molecule has 1 aromatic heterocycles. The van der Waals surface area contributed by atoms with Crippen molar-refractivity contribution >= 4 is 11.8 Å². The van der Waals surface area contributed by atoms with E-state index in [1.54, 1.807) is 0 Å². The molecule has 2 aromatic rings. The Morgan fingerprint density at radius 3 is 2.80 bits per heavy atom. The SMILES string of the molecule is CCC(N)C(SCc1cccc(C)c1)c1cnn(C)c1. The molecule has 0 radical (unpaired) electrons. The highest BCUT2D eigenvalue weighted by Crippen LogP contribution is 2.34. The molecule has 0 amide bonds. The van der Waals surface area contributed by atoms with Gasteiger partial charge in [0.25, 0.3) is 0 Å². The smallest absolute Gasteiger partial charge is 0.0533 e. The number of hydrogen-bond donors (Lipinski definition) is 1. The van der Waals surface area contributed by atoms with Crippen molar-refractivity contribution in [1.82, 2.24) is 9.78 Å². The average Bonchev–Trinajstić information content (AvgIpc) is 2.85. The van der Waals surface area contributed by atoms with Crippen molar-refractivity contribution in [3.8, 4) is 0 Å². The van der Waals surface area contributed by atoms with Crippen LogP contribution in [0.2, 0.25) is 0 Å². The van der Waals surface area contributed by atoms with E-state index < -0.39 is 0 Å². The van der Waals surface area contributed by atoms with Gasteiger partial charge in [-0.15, -0.1) is 11.8 Å². The summed E-state index contributed by atoms with van der Waals surface area (Å²) >= 11 is 1.90. The standard InChI is InChI=1S/C16H23N3S/c1-4-15(17)16(14-9-18-19(3)10-14)20-11-13-7-5-6-12(2)8-13/h5-10,15-16H,4,11,17H2,1-3H3. The van der Waals surface area contributed by atoms with Gasteiger partial charge in [-0.1, -0.05) is 36.8 Å². The van der Waals surface area contributed by atoms with Crippen LogP contribution < -0.4 is 5.73 Å². The first-order valence-electron chi connectivity index (χ1n) is 7.01. The highest BCUT2D eigenvalue weighted by Gasteiger charge is 2.20. The van der Waals surface area contributed by atoms with Gasteiger partial charge in [-0.3, -0.25) is 4.68 Å². The number of thioether (sulfide) groups is 1. The molecule has 0 aliphatic carbocycles. The van der Waals surface area contributed by atoms with Crippen LogP contribution in [0.25, 0.3) is 0 Å². The average molecular weight is 289 g/mol. The minimum Gasteiger partial charge on any atom is -0.326 e. The number of nitrogens with two attached hydrogens (primary N) is 1. The van der Waals surface area contributed by atoms with Crippen LogP contribution in [0.5, 0.6) is 0 Å². The fourth-order valence-corrected chi connectivity index (χ4v) is 3.56. The van der Waals surface area contributed by atoms with Crippen molar-refractivity contribution < 1.29 is 0 Å². The molecule has 1 aromatic carbocycles. The molecule has 0 aliphatic rings. The van der Waals surface area contributed by atoms with E-state index in [1.807, 2.05) is 29.7 Å². The lowest BCUT2D eigenvalue weighted by molar-refractivity contribution is 0.633. The zero-order valence-corrected chi connectivity index (χ0v) is 13.2. The summed E-state index contributed by atoms with van der Waals surface area (Å²) in [6, 6.07) is 8.82. The molecule has 2 atom stereocenters. The van der Waals surface area contributed by atoms with E-state index in [2.05, 4.69) is 49.4 Å². The van der Waals surface area contributed by atoms with Gasteiger partial charge in [-0.25, -0.2) is 0 Å². The summed E-state index contributed by atoms with van der Waals surface area (Å²) in [5.74, 6) is 0.981. The number of nitrogens with zero attached hydrogens (tertiary/aromatic N) is 2. The zero-order valence-electron chi connectivity index (χ0n) is 12.4. The Bertz CT molecular complexity index is 550. The van der Waals surface area contributed by atoms with Gasteiger partial charge in [0.05, 0.1) is 6.20 Å². The summed E-state index contributed by atoms with van der Waals surface area (Å²) in [5, 5.41) is 4.57. The second-order valence-corrected chi connectivity index (χ2v) is 6.37. The molecule has 0 aliphatic heterocycles. The second-order valence-electron chi connectivity index (χ2n) is 5.24. The lowest BCUT2D eigenvalue weighted by Gasteiger charge is -2.21. The van der Waals surface area contributed by atoms with E-state index in [4.69, 9.17) is 5.73 Å². The molecule has 1 heterocycles. The van der Waals surface area contributed by atoms with Gasteiger partial charge in [0, 0.05) is 35.9 Å². The first-order chi connectivity index (χ1) is 9.60. The van der Waals surface area contributed by atoms with E-state index in [0.717, 1.165) is 12.2 Å². The van der Waals surface area contributed by atoms with Crippen LogP contribution in [-0.2, 0) is 12.8 Å². The fourth-order valence-electron chi connectivity index (χ4n) is 2.26. The predicted octanol–water partition coefficient (Wildman–Crippen LogP) is 3.44. The molecule has 4 heteroatoms. The van der Waals surface area contributed by atoms with Crippen LogP contribution in [0.4, 0.5) is 0 Å². The molecular formula is C16H23N3S. The number of benzene rings is 1. The van der Waals surface area contributed by atoms with Gasteiger partial charge >= 0.3 is 0 Å². The molecule has 108 valence electrons. The molecule has 0 bridgehead atoms. The summed E-state index contributed by atoms with van der Waals surface area (Å²) in [4.78, 5) is 0. The molecule has 3 nitrogen and oxygen atoms in total. The van der Waals surface area contributed by atoms with Crippen molar-refractivity contribution in [3.63, 3.8) is 0 Å². The highest BCUT2D eigenvalue weighted by atomic mass is 32.2. The molecule has 0 fully saturated rings. The summed E-state index contributed by atoms with van der Waals surface area (Å²) in [6.07, 6.45) is 4.98. The van der Waals surface area contributed by atoms with Gasteiger partial charge in [-0.2, -0.15) is 5.10 Å². The maximum Gasteiger partial charge on any atom is 0.0533 e. The van der Waals surface area contributed by atoms with Crippen molar-refractivity contribution in [2.45, 2.75) is 37.3 Å². The molecule has 0 saturated carbocycles. The first kappa shape index (κ1) is 15.1. The second kappa shape index (κ2) is 6.95. The maximum atomic E-state index is 6.29. The Morgan fingerprint density at radius 1 is 1.40 bits per heavy atom. The third-order valence-electron chi connectivity index (χ3n) is 3.43. The summed E-state index contributed by atoms with van der Waals surface area (Å²) in [6.45, 7) is 4.27. The fraction of sp³-hybridized carbons (Fsp3) is 0.438. The Labute approximate surface area is 125 Å². The predicted molar refractivity (Wildman–Crippen MR) is 86.7 cm³/mol. The normalized spacial score (nSPS) is 14.2. The van der Waals surface area contributed by atoms with Crippen LogP contribution in [0.1, 0.15) is 35.3 Å². The molecule has 20 heavy (non-hydrogen) atoms. The molecule has 0 spiro atoms. The van der Waals surface area contributed by atoms with Crippen molar-refractivity contribution in [2.75, 3.05) is 0 Å². The number of aromatic nitrogens is 2. The maximum absolute atomic E-state index is 6.29. The van der Waals surface area contributed by atoms with E-state index in [9.17, 15) is 0 Å². The van der Waals surface area contributed by atoms with Crippen LogP contribution in [0.3, 0.4) is 0 Å². The van der Waals surface area contributed by atoms with Gasteiger partial charge in [-0.05, 0) is 18.9 Å². The number of rotatable bonds is 6. The summed E-state index contributed by atoms with van der Waals surface area (Å²) in [5.41, 5.74) is 10.2. The number of hydrogen-bond acceptors (Lipinski definition) is 3. The monoisotopic (exact) mass is 289 g/mol. The summed E-state index contributed by atoms with van der Waals surface area (Å²) in [7, 11) is 1.95. The van der Waals surface area contributed by atoms with Crippen molar-refractivity contribution in [2.24, 2.45) is 12.8 Å². The van der Waals surface area contributed by atoms with Gasteiger partial charge in [0.1, 0.15) is 0 Å². The van der Waals surface area contributed by atoms with Gasteiger partial charge in [0.15, 0.2) is 0 Å². The third kappa shape index (κ3) is 3.87. The van der Waals surface area contributed by atoms with Crippen LogP contribution >= 0.6 is 11.8 Å². The first-order valence-corrected chi connectivity index (χ1v) is 8.06. The lowest BCUT2D eigenvalue weighted by Crippen LogP contribution is -2.25. The summed E-state index contributed by atoms with van der Waals surface area (Å²) < 4.78 is 1.85.